The first kappa shape index (κ1) is 19.4. The second-order valence-electron chi connectivity index (χ2n) is 7.53. The molecule has 1 N–H and O–H groups in total. The van der Waals surface area contributed by atoms with Crippen molar-refractivity contribution in [1.82, 2.24) is 10.2 Å². The van der Waals surface area contributed by atoms with Gasteiger partial charge in [0.05, 0.1) is 11.8 Å². The number of nitrogens with one attached hydrogen (secondary N) is 1. The number of benzene rings is 1. The van der Waals surface area contributed by atoms with Crippen LogP contribution in [0.15, 0.2) is 24.3 Å². The minimum atomic E-state index is -0.268. The first-order valence-corrected chi connectivity index (χ1v) is 9.94. The number of hydrogen-bond acceptors (Lipinski definition) is 4. The lowest BCUT2D eigenvalue weighted by molar-refractivity contribution is -0.143. The van der Waals surface area contributed by atoms with Crippen molar-refractivity contribution in [2.75, 3.05) is 31.1 Å². The summed E-state index contributed by atoms with van der Waals surface area (Å²) in [5.74, 6) is -0.980. The molecule has 2 atom stereocenters. The molecule has 6 nitrogen and oxygen atoms in total. The molecule has 0 radical (unpaired) electrons. The van der Waals surface area contributed by atoms with Crippen molar-refractivity contribution in [3.05, 3.63) is 29.8 Å². The van der Waals surface area contributed by atoms with Crippen LogP contribution in [-0.4, -0.2) is 48.8 Å². The Labute approximate surface area is 160 Å². The Hall–Kier alpha value is -2.37. The summed E-state index contributed by atoms with van der Waals surface area (Å²) in [7, 11) is 0. The van der Waals surface area contributed by atoms with Crippen molar-refractivity contribution in [2.24, 2.45) is 11.8 Å². The molecule has 3 amide bonds. The standard InChI is InChI=1S/C21H29N3O3/c1-3-23(16-8-6-7-15(2)13-16)12-11-22-19(25)14-24-20(26)17-9-4-5-10-18(17)21(24)27/h6-8,13,17-18H,3-5,9-12,14H2,1-2H3,(H,22,25). The van der Waals surface area contributed by atoms with Gasteiger partial charge in [-0.1, -0.05) is 25.0 Å². The van der Waals surface area contributed by atoms with Gasteiger partial charge < -0.3 is 10.2 Å². The van der Waals surface area contributed by atoms with E-state index in [0.29, 0.717) is 13.1 Å². The number of imide groups is 1. The van der Waals surface area contributed by atoms with Gasteiger partial charge in [0.15, 0.2) is 0 Å². The molecule has 1 aliphatic heterocycles. The quantitative estimate of drug-likeness (QED) is 0.746. The average molecular weight is 371 g/mol. The number of aryl methyl sites for hydroxylation is 1. The van der Waals surface area contributed by atoms with E-state index in [1.54, 1.807) is 0 Å². The van der Waals surface area contributed by atoms with Gasteiger partial charge in [-0.05, 0) is 44.4 Å². The van der Waals surface area contributed by atoms with Crippen LogP contribution >= 0.6 is 0 Å². The highest BCUT2D eigenvalue weighted by Crippen LogP contribution is 2.37. The molecule has 27 heavy (non-hydrogen) atoms. The molecule has 1 aromatic carbocycles. The van der Waals surface area contributed by atoms with E-state index in [2.05, 4.69) is 42.3 Å². The van der Waals surface area contributed by atoms with Crippen LogP contribution in [0.25, 0.3) is 0 Å². The van der Waals surface area contributed by atoms with Gasteiger partial charge in [-0.3, -0.25) is 19.3 Å². The molecule has 3 rings (SSSR count). The van der Waals surface area contributed by atoms with Crippen molar-refractivity contribution in [1.29, 1.82) is 0 Å². The van der Waals surface area contributed by atoms with Crippen molar-refractivity contribution in [2.45, 2.75) is 39.5 Å². The Bertz CT molecular complexity index is 694. The molecule has 6 heteroatoms. The maximum Gasteiger partial charge on any atom is 0.240 e. The van der Waals surface area contributed by atoms with Crippen molar-refractivity contribution in [3.63, 3.8) is 0 Å². The van der Waals surface area contributed by atoms with E-state index in [1.807, 2.05) is 6.07 Å². The zero-order valence-electron chi connectivity index (χ0n) is 16.2. The van der Waals surface area contributed by atoms with E-state index in [0.717, 1.165) is 37.9 Å². The van der Waals surface area contributed by atoms with E-state index in [-0.39, 0.29) is 36.1 Å². The SMILES string of the molecule is CCN(CCNC(=O)CN1C(=O)C2CCCCC2C1=O)c1cccc(C)c1. The maximum absolute atomic E-state index is 12.4. The molecule has 0 spiro atoms. The van der Waals surface area contributed by atoms with Gasteiger partial charge in [0.1, 0.15) is 6.54 Å². The lowest BCUT2D eigenvalue weighted by Crippen LogP contribution is -2.43. The number of rotatable bonds is 7. The van der Waals surface area contributed by atoms with Crippen LogP contribution in [0.1, 0.15) is 38.2 Å². The molecule has 2 fully saturated rings. The van der Waals surface area contributed by atoms with Crippen molar-refractivity contribution >= 4 is 23.4 Å². The van der Waals surface area contributed by atoms with E-state index >= 15 is 0 Å². The number of likely N-dealkylation sites (N-methyl/N-ethyl adjacent to an activating group) is 1. The largest absolute Gasteiger partial charge is 0.370 e. The van der Waals surface area contributed by atoms with Gasteiger partial charge in [0.2, 0.25) is 17.7 Å². The number of amides is 3. The molecule has 0 bridgehead atoms. The van der Waals surface area contributed by atoms with Crippen LogP contribution < -0.4 is 10.2 Å². The summed E-state index contributed by atoms with van der Waals surface area (Å²) < 4.78 is 0. The molecule has 2 unspecified atom stereocenters. The molecule has 146 valence electrons. The van der Waals surface area contributed by atoms with Gasteiger partial charge in [-0.25, -0.2) is 0 Å². The van der Waals surface area contributed by atoms with Crippen LogP contribution in [0.5, 0.6) is 0 Å². The van der Waals surface area contributed by atoms with Crippen LogP contribution in [0.2, 0.25) is 0 Å². The average Bonchev–Trinajstić information content (AvgIpc) is 2.90. The summed E-state index contributed by atoms with van der Waals surface area (Å²) in [4.78, 5) is 40.5. The fraction of sp³-hybridized carbons (Fsp3) is 0.571. The smallest absolute Gasteiger partial charge is 0.240 e. The zero-order chi connectivity index (χ0) is 19.4. The fourth-order valence-electron chi connectivity index (χ4n) is 4.21. The first-order valence-electron chi connectivity index (χ1n) is 9.94. The van der Waals surface area contributed by atoms with Gasteiger partial charge in [-0.15, -0.1) is 0 Å². The predicted molar refractivity (Wildman–Crippen MR) is 104 cm³/mol. The van der Waals surface area contributed by atoms with E-state index < -0.39 is 0 Å². The van der Waals surface area contributed by atoms with Crippen LogP contribution in [0.3, 0.4) is 0 Å². The van der Waals surface area contributed by atoms with Crippen LogP contribution in [0, 0.1) is 18.8 Å². The number of carbonyl (C=O) groups excluding carboxylic acids is 3. The van der Waals surface area contributed by atoms with E-state index in [9.17, 15) is 14.4 Å². The number of fused-ring (bicyclic) bond motifs is 1. The Morgan fingerprint density at radius 1 is 1.19 bits per heavy atom. The third-order valence-electron chi connectivity index (χ3n) is 5.69. The highest BCUT2D eigenvalue weighted by Gasteiger charge is 2.48. The summed E-state index contributed by atoms with van der Waals surface area (Å²) in [6.45, 7) is 5.98. The van der Waals surface area contributed by atoms with Crippen LogP contribution in [0.4, 0.5) is 5.69 Å². The molecule has 0 aromatic heterocycles. The topological polar surface area (TPSA) is 69.7 Å². The summed E-state index contributed by atoms with van der Waals surface area (Å²) in [5.41, 5.74) is 2.32. The van der Waals surface area contributed by atoms with Crippen LogP contribution in [-0.2, 0) is 14.4 Å². The third kappa shape index (κ3) is 4.31. The Kier molecular flexibility index (Phi) is 6.14. The zero-order valence-corrected chi connectivity index (χ0v) is 16.2. The number of carbonyl (C=O) groups is 3. The maximum atomic E-state index is 12.4. The van der Waals surface area contributed by atoms with Gasteiger partial charge >= 0.3 is 0 Å². The Balaban J connectivity index is 1.49. The third-order valence-corrected chi connectivity index (χ3v) is 5.69. The summed E-state index contributed by atoms with van der Waals surface area (Å²) >= 11 is 0. The number of anilines is 1. The van der Waals surface area contributed by atoms with Gasteiger partial charge in [0, 0.05) is 25.3 Å². The second-order valence-corrected chi connectivity index (χ2v) is 7.53. The van der Waals surface area contributed by atoms with Gasteiger partial charge in [-0.2, -0.15) is 0 Å². The Morgan fingerprint density at radius 3 is 2.44 bits per heavy atom. The lowest BCUT2D eigenvalue weighted by Gasteiger charge is -2.24. The summed E-state index contributed by atoms with van der Waals surface area (Å²) in [5, 5.41) is 2.85. The monoisotopic (exact) mass is 371 g/mol. The number of nitrogens with zero attached hydrogens (tertiary/aromatic N) is 2. The predicted octanol–water partition coefficient (Wildman–Crippen LogP) is 2.11. The Morgan fingerprint density at radius 2 is 1.85 bits per heavy atom. The molecule has 1 heterocycles. The van der Waals surface area contributed by atoms with Crippen molar-refractivity contribution in [3.8, 4) is 0 Å². The van der Waals surface area contributed by atoms with E-state index in [1.165, 1.54) is 10.5 Å². The second kappa shape index (κ2) is 8.55. The molecule has 1 saturated heterocycles. The molecule has 1 saturated carbocycles. The van der Waals surface area contributed by atoms with Crippen molar-refractivity contribution < 1.29 is 14.4 Å². The van der Waals surface area contributed by atoms with Gasteiger partial charge in [0.25, 0.3) is 0 Å². The lowest BCUT2D eigenvalue weighted by atomic mass is 9.81. The molecule has 2 aliphatic rings. The summed E-state index contributed by atoms with van der Waals surface area (Å²) in [6.07, 6.45) is 3.53. The minimum Gasteiger partial charge on any atom is -0.370 e. The molecule has 1 aliphatic carbocycles. The number of hydrogen-bond donors (Lipinski definition) is 1. The minimum absolute atomic E-state index is 0.152. The summed E-state index contributed by atoms with van der Waals surface area (Å²) in [6, 6.07) is 8.26. The number of likely N-dealkylation sites (tertiary alicyclic amines) is 1. The highest BCUT2D eigenvalue weighted by atomic mass is 16.2. The normalized spacial score (nSPS) is 21.9. The first-order chi connectivity index (χ1) is 13.0. The van der Waals surface area contributed by atoms with E-state index in [4.69, 9.17) is 0 Å². The fourth-order valence-corrected chi connectivity index (χ4v) is 4.21. The highest BCUT2D eigenvalue weighted by molar-refractivity contribution is 6.07. The molecular weight excluding hydrogens is 342 g/mol. The molecule has 1 aromatic rings. The molecular formula is C21H29N3O3.